The Morgan fingerprint density at radius 3 is 2.70 bits per heavy atom. The highest BCUT2D eigenvalue weighted by Gasteiger charge is 2.34. The van der Waals surface area contributed by atoms with Crippen LogP contribution in [0.3, 0.4) is 0 Å². The molecule has 0 saturated carbocycles. The number of pyridine rings is 2. The number of nitriles is 1. The highest BCUT2D eigenvalue weighted by atomic mass is 16.5. The monoisotopic (exact) mass is 540 g/mol. The quantitative estimate of drug-likeness (QED) is 0.343. The highest BCUT2D eigenvalue weighted by molar-refractivity contribution is 5.85. The van der Waals surface area contributed by atoms with Crippen molar-refractivity contribution in [1.82, 2.24) is 24.8 Å². The molecule has 0 aliphatic carbocycles. The number of methoxy groups -OCH3 is 2. The van der Waals surface area contributed by atoms with Gasteiger partial charge in [0.2, 0.25) is 0 Å². The van der Waals surface area contributed by atoms with Gasteiger partial charge in [-0.15, -0.1) is 0 Å². The summed E-state index contributed by atoms with van der Waals surface area (Å²) < 4.78 is 18.5. The van der Waals surface area contributed by atoms with E-state index >= 15 is 0 Å². The summed E-state index contributed by atoms with van der Waals surface area (Å²) >= 11 is 0. The lowest BCUT2D eigenvalue weighted by molar-refractivity contribution is -0.146. The molecule has 1 aliphatic rings. The van der Waals surface area contributed by atoms with Crippen LogP contribution in [0.4, 0.5) is 0 Å². The fraction of sp³-hybridized carbons (Fsp3) is 0.333. The number of carbonyl (C=O) groups excluding carboxylic acids is 1. The molecule has 3 atom stereocenters. The van der Waals surface area contributed by atoms with E-state index in [4.69, 9.17) is 19.2 Å². The minimum Gasteiger partial charge on any atom is -0.489 e. The van der Waals surface area contributed by atoms with Crippen LogP contribution in [-0.4, -0.2) is 72.0 Å². The van der Waals surface area contributed by atoms with Gasteiger partial charge in [0.05, 0.1) is 41.3 Å². The van der Waals surface area contributed by atoms with E-state index in [1.54, 1.807) is 37.3 Å². The molecular weight excluding hydrogens is 508 g/mol. The van der Waals surface area contributed by atoms with Crippen LogP contribution in [0.5, 0.6) is 5.75 Å². The third-order valence-electron chi connectivity index (χ3n) is 7.12. The normalized spacial score (nSPS) is 16.9. The number of fused-ring (bicyclic) bond motifs is 1. The van der Waals surface area contributed by atoms with Gasteiger partial charge in [0.25, 0.3) is 5.91 Å². The van der Waals surface area contributed by atoms with Gasteiger partial charge in [-0.3, -0.25) is 9.78 Å². The predicted octanol–water partition coefficient (Wildman–Crippen LogP) is 3.54. The van der Waals surface area contributed by atoms with E-state index < -0.39 is 6.10 Å². The molecule has 0 radical (unpaired) electrons. The number of hydrogen-bond acceptors (Lipinski definition) is 8. The van der Waals surface area contributed by atoms with Gasteiger partial charge in [-0.05, 0) is 24.6 Å². The molecule has 1 saturated heterocycles. The van der Waals surface area contributed by atoms with Gasteiger partial charge >= 0.3 is 0 Å². The molecule has 3 unspecified atom stereocenters. The number of ether oxygens (including phenoxy) is 3. The highest BCUT2D eigenvalue weighted by Crippen LogP contribution is 2.32. The number of aromatic nitrogens is 3. The molecule has 206 valence electrons. The van der Waals surface area contributed by atoms with Gasteiger partial charge in [0.15, 0.2) is 6.10 Å². The lowest BCUT2D eigenvalue weighted by Crippen LogP contribution is -2.50. The average Bonchev–Trinajstić information content (AvgIpc) is 3.43. The molecule has 40 heavy (non-hydrogen) atoms. The van der Waals surface area contributed by atoms with Crippen molar-refractivity contribution in [3.05, 3.63) is 83.9 Å². The summed E-state index contributed by atoms with van der Waals surface area (Å²) in [5, 5.41) is 17.4. The third-order valence-corrected chi connectivity index (χ3v) is 7.12. The lowest BCUT2D eigenvalue weighted by Gasteiger charge is -2.37. The molecular formula is C30H32N6O4. The molecule has 4 aromatic rings. The minimum atomic E-state index is -0.691. The maximum atomic E-state index is 13.6. The first kappa shape index (κ1) is 27.3. The van der Waals surface area contributed by atoms with Crippen molar-refractivity contribution in [1.29, 1.82) is 5.26 Å². The summed E-state index contributed by atoms with van der Waals surface area (Å²) in [6.07, 6.45) is 4.28. The Hall–Kier alpha value is -4.30. The van der Waals surface area contributed by atoms with E-state index in [1.807, 2.05) is 60.4 Å². The average molecular weight is 541 g/mol. The summed E-state index contributed by atoms with van der Waals surface area (Å²) in [5.41, 5.74) is 4.28. The second kappa shape index (κ2) is 12.3. The predicted molar refractivity (Wildman–Crippen MR) is 149 cm³/mol. The summed E-state index contributed by atoms with van der Waals surface area (Å²) in [7, 11) is 3.19. The molecule has 10 nitrogen and oxygen atoms in total. The zero-order valence-electron chi connectivity index (χ0n) is 22.8. The summed E-state index contributed by atoms with van der Waals surface area (Å²) in [5.74, 6) is 0.503. The summed E-state index contributed by atoms with van der Waals surface area (Å²) in [6.45, 7) is 4.11. The van der Waals surface area contributed by atoms with Crippen molar-refractivity contribution in [2.24, 2.45) is 0 Å². The van der Waals surface area contributed by atoms with E-state index in [-0.39, 0.29) is 18.1 Å². The van der Waals surface area contributed by atoms with Crippen LogP contribution in [0.2, 0.25) is 0 Å². The van der Waals surface area contributed by atoms with E-state index in [0.717, 1.165) is 22.4 Å². The van der Waals surface area contributed by atoms with E-state index in [2.05, 4.69) is 16.5 Å². The van der Waals surface area contributed by atoms with Crippen molar-refractivity contribution in [2.75, 3.05) is 40.5 Å². The number of rotatable bonds is 9. The van der Waals surface area contributed by atoms with Crippen molar-refractivity contribution in [2.45, 2.75) is 25.2 Å². The smallest absolute Gasteiger partial charge is 0.256 e. The zero-order valence-corrected chi connectivity index (χ0v) is 22.8. The van der Waals surface area contributed by atoms with Crippen LogP contribution < -0.4 is 10.1 Å². The Labute approximate surface area is 233 Å². The number of benzene rings is 1. The van der Waals surface area contributed by atoms with Crippen molar-refractivity contribution in [3.63, 3.8) is 0 Å². The fourth-order valence-corrected chi connectivity index (χ4v) is 4.91. The van der Waals surface area contributed by atoms with Crippen LogP contribution in [0.1, 0.15) is 35.9 Å². The Kier molecular flexibility index (Phi) is 8.36. The van der Waals surface area contributed by atoms with Gasteiger partial charge in [-0.25, -0.2) is 4.52 Å². The number of nitrogens with one attached hydrogen (secondary N) is 1. The minimum absolute atomic E-state index is 0.0817. The molecule has 10 heteroatoms. The Morgan fingerprint density at radius 2 is 2.00 bits per heavy atom. The SMILES string of the molecule is COC(C)COc1cc(-c2ccc(C3CNCCN3C(=O)C(OC)c3ccccc3)nc2)c2c(C#N)cnn2c1. The topological polar surface area (TPSA) is 114 Å². The molecule has 1 fully saturated rings. The first-order chi connectivity index (χ1) is 19.5. The summed E-state index contributed by atoms with van der Waals surface area (Å²) in [4.78, 5) is 20.3. The van der Waals surface area contributed by atoms with Gasteiger partial charge < -0.3 is 24.4 Å². The molecule has 0 bridgehead atoms. The van der Waals surface area contributed by atoms with Crippen molar-refractivity contribution in [3.8, 4) is 22.9 Å². The second-order valence-electron chi connectivity index (χ2n) is 9.66. The molecule has 5 rings (SSSR count). The lowest BCUT2D eigenvalue weighted by atomic mass is 10.0. The summed E-state index contributed by atoms with van der Waals surface area (Å²) in [6, 6.07) is 17.2. The Bertz CT molecular complexity index is 1500. The number of carbonyl (C=O) groups is 1. The van der Waals surface area contributed by atoms with Gasteiger partial charge in [-0.2, -0.15) is 10.4 Å². The number of amides is 1. The number of piperazine rings is 1. The van der Waals surface area contributed by atoms with Gasteiger partial charge in [0.1, 0.15) is 18.4 Å². The molecule has 1 aromatic carbocycles. The van der Waals surface area contributed by atoms with Crippen LogP contribution >= 0.6 is 0 Å². The van der Waals surface area contributed by atoms with Gasteiger partial charge in [0, 0.05) is 51.2 Å². The Morgan fingerprint density at radius 1 is 1.18 bits per heavy atom. The number of hydrogen-bond donors (Lipinski definition) is 1. The van der Waals surface area contributed by atoms with Crippen LogP contribution in [0.25, 0.3) is 16.6 Å². The van der Waals surface area contributed by atoms with Crippen LogP contribution in [0, 0.1) is 11.3 Å². The van der Waals surface area contributed by atoms with E-state index in [1.165, 1.54) is 0 Å². The fourth-order valence-electron chi connectivity index (χ4n) is 4.91. The first-order valence-corrected chi connectivity index (χ1v) is 13.2. The molecule has 3 aromatic heterocycles. The van der Waals surface area contributed by atoms with Crippen molar-refractivity contribution >= 4 is 11.4 Å². The van der Waals surface area contributed by atoms with E-state index in [9.17, 15) is 10.1 Å². The van der Waals surface area contributed by atoms with Gasteiger partial charge in [-0.1, -0.05) is 36.4 Å². The molecule has 1 N–H and O–H groups in total. The van der Waals surface area contributed by atoms with Crippen LogP contribution in [-0.2, 0) is 14.3 Å². The van der Waals surface area contributed by atoms with Crippen molar-refractivity contribution < 1.29 is 19.0 Å². The molecule has 0 spiro atoms. The first-order valence-electron chi connectivity index (χ1n) is 13.2. The van der Waals surface area contributed by atoms with Crippen LogP contribution in [0.15, 0.2) is 67.1 Å². The zero-order chi connectivity index (χ0) is 28.1. The maximum Gasteiger partial charge on any atom is 0.256 e. The Balaban J connectivity index is 1.45. The molecule has 1 amide bonds. The maximum absolute atomic E-state index is 13.6. The standard InChI is InChI=1S/C30H32N6O4/c1-20(38-2)19-40-24-13-25(28-23(14-31)16-34-36(28)18-24)22-9-10-26(33-15-22)27-17-32-11-12-35(27)30(37)29(39-3)21-7-5-4-6-8-21/h4-10,13,15-16,18,20,27,29,32H,11-12,17,19H2,1-3H3. The molecule has 1 aliphatic heterocycles. The third kappa shape index (κ3) is 5.53. The largest absolute Gasteiger partial charge is 0.489 e. The second-order valence-corrected chi connectivity index (χ2v) is 9.66. The molecule has 4 heterocycles. The van der Waals surface area contributed by atoms with E-state index in [0.29, 0.717) is 43.1 Å². The number of nitrogens with zero attached hydrogens (tertiary/aromatic N) is 5.